The molecule has 0 aromatic heterocycles. The van der Waals surface area contributed by atoms with Crippen molar-refractivity contribution in [1.82, 2.24) is 0 Å². The molecule has 3 fully saturated rings. The van der Waals surface area contributed by atoms with Crippen LogP contribution in [0.25, 0.3) is 0 Å². The molecule has 0 heterocycles. The van der Waals surface area contributed by atoms with Gasteiger partial charge >= 0.3 is 11.9 Å². The van der Waals surface area contributed by atoms with E-state index in [2.05, 4.69) is 61.1 Å². The molecule has 0 saturated heterocycles. The summed E-state index contributed by atoms with van der Waals surface area (Å²) in [6.07, 6.45) is 17.6. The molecular formula is C33H48O4. The Morgan fingerprint density at radius 3 is 1.95 bits per heavy atom. The number of esters is 2. The van der Waals surface area contributed by atoms with Crippen LogP contribution >= 0.6 is 0 Å². The molecule has 6 atom stereocenters. The van der Waals surface area contributed by atoms with E-state index in [9.17, 15) is 9.59 Å². The maximum atomic E-state index is 12.7. The molecule has 204 valence electrons. The lowest BCUT2D eigenvalue weighted by atomic mass is 9.69. The van der Waals surface area contributed by atoms with Crippen molar-refractivity contribution in [2.75, 3.05) is 0 Å². The lowest BCUT2D eigenvalue weighted by Crippen LogP contribution is -2.45. The van der Waals surface area contributed by atoms with Crippen LogP contribution in [0.3, 0.4) is 0 Å². The predicted molar refractivity (Wildman–Crippen MR) is 151 cm³/mol. The SMILES string of the molecule is C=C(/C=C\C=C\C(=O)OC1CC2C3CCC(C3)C2CC1OC(=O)C/C=C\C=C(/C)C(C)(C)C)C(C)(C)C. The Kier molecular flexibility index (Phi) is 9.47. The van der Waals surface area contributed by atoms with Gasteiger partial charge in [0, 0.05) is 6.08 Å². The summed E-state index contributed by atoms with van der Waals surface area (Å²) < 4.78 is 11.9. The monoisotopic (exact) mass is 508 g/mol. The zero-order chi connectivity index (χ0) is 27.4. The Morgan fingerprint density at radius 2 is 1.38 bits per heavy atom. The van der Waals surface area contributed by atoms with Crippen LogP contribution in [0.2, 0.25) is 0 Å². The molecule has 4 heteroatoms. The van der Waals surface area contributed by atoms with Crippen LogP contribution in [0.1, 0.15) is 87.0 Å². The second kappa shape index (κ2) is 12.0. The summed E-state index contributed by atoms with van der Waals surface area (Å²) in [5, 5.41) is 0. The number of rotatable bonds is 8. The summed E-state index contributed by atoms with van der Waals surface area (Å²) in [5.41, 5.74) is 2.33. The summed E-state index contributed by atoms with van der Waals surface area (Å²) >= 11 is 0. The number of hydrogen-bond donors (Lipinski definition) is 0. The highest BCUT2D eigenvalue weighted by Crippen LogP contribution is 2.58. The molecule has 0 aromatic rings. The second-order valence-electron chi connectivity index (χ2n) is 13.4. The molecule has 37 heavy (non-hydrogen) atoms. The first-order chi connectivity index (χ1) is 17.3. The minimum atomic E-state index is -0.388. The van der Waals surface area contributed by atoms with Crippen LogP contribution in [0.15, 0.2) is 60.3 Å². The average molecular weight is 509 g/mol. The van der Waals surface area contributed by atoms with E-state index in [-0.39, 0.29) is 41.4 Å². The van der Waals surface area contributed by atoms with Crippen molar-refractivity contribution in [2.45, 2.75) is 99.2 Å². The van der Waals surface area contributed by atoms with Crippen LogP contribution in [0.4, 0.5) is 0 Å². The van der Waals surface area contributed by atoms with Gasteiger partial charge in [-0.1, -0.05) is 90.2 Å². The van der Waals surface area contributed by atoms with Gasteiger partial charge in [0.25, 0.3) is 0 Å². The Morgan fingerprint density at radius 1 is 0.811 bits per heavy atom. The molecule has 4 nitrogen and oxygen atoms in total. The van der Waals surface area contributed by atoms with E-state index in [1.54, 1.807) is 6.08 Å². The third-order valence-corrected chi connectivity index (χ3v) is 8.80. The quantitative estimate of drug-likeness (QED) is 0.190. The van der Waals surface area contributed by atoms with Gasteiger partial charge in [-0.3, -0.25) is 4.79 Å². The number of carbonyl (C=O) groups excluding carboxylic acids is 2. The molecule has 0 amide bonds. The Hall–Kier alpha value is -2.36. The van der Waals surface area contributed by atoms with Crippen molar-refractivity contribution in [1.29, 1.82) is 0 Å². The molecular weight excluding hydrogens is 460 g/mol. The van der Waals surface area contributed by atoms with Gasteiger partial charge in [0.1, 0.15) is 12.2 Å². The minimum absolute atomic E-state index is 0.0157. The molecule has 6 unspecified atom stereocenters. The highest BCUT2D eigenvalue weighted by Gasteiger charge is 2.53. The summed E-state index contributed by atoms with van der Waals surface area (Å²) in [5.74, 6) is 1.98. The fraction of sp³-hybridized carbons (Fsp3) is 0.636. The van der Waals surface area contributed by atoms with Crippen molar-refractivity contribution in [2.24, 2.45) is 34.5 Å². The molecule has 3 rings (SSSR count). The fourth-order valence-electron chi connectivity index (χ4n) is 5.94. The normalized spacial score (nSPS) is 30.3. The van der Waals surface area contributed by atoms with Crippen LogP contribution in [0, 0.1) is 34.5 Å². The molecule has 0 aliphatic heterocycles. The molecule has 0 spiro atoms. The van der Waals surface area contributed by atoms with E-state index in [0.29, 0.717) is 11.8 Å². The Labute approximate surface area is 225 Å². The Balaban J connectivity index is 1.61. The fourth-order valence-corrected chi connectivity index (χ4v) is 5.94. The number of fused-ring (bicyclic) bond motifs is 5. The standard InChI is InChI=1S/C33H48O4/c1-22(32(3,4)5)13-9-11-15-30(34)36-28-20-26-24-17-18-25(19-24)27(26)21-29(28)37-31(35)16-12-10-14-23(2)33(6,7)8/h9-15,24-29H,1,16-21H2,2-8H3/b12-10-,13-9-,15-11+,23-14+. The van der Waals surface area contributed by atoms with Gasteiger partial charge in [-0.15, -0.1) is 0 Å². The first-order valence-electron chi connectivity index (χ1n) is 14.0. The smallest absolute Gasteiger partial charge is 0.331 e. The summed E-state index contributed by atoms with van der Waals surface area (Å²) in [6, 6.07) is 0. The van der Waals surface area contributed by atoms with E-state index >= 15 is 0 Å². The largest absolute Gasteiger partial charge is 0.458 e. The minimum Gasteiger partial charge on any atom is -0.458 e. The maximum Gasteiger partial charge on any atom is 0.331 e. The Bertz CT molecular complexity index is 965. The van der Waals surface area contributed by atoms with E-state index in [1.165, 1.54) is 30.9 Å². The van der Waals surface area contributed by atoms with Gasteiger partial charge in [-0.2, -0.15) is 0 Å². The summed E-state index contributed by atoms with van der Waals surface area (Å²) in [7, 11) is 0. The first kappa shape index (κ1) is 29.2. The van der Waals surface area contributed by atoms with Gasteiger partial charge < -0.3 is 9.47 Å². The highest BCUT2D eigenvalue weighted by molar-refractivity contribution is 5.82. The molecule has 0 aromatic carbocycles. The third-order valence-electron chi connectivity index (χ3n) is 8.80. The maximum absolute atomic E-state index is 12.7. The molecule has 3 aliphatic rings. The third kappa shape index (κ3) is 8.06. The van der Waals surface area contributed by atoms with Gasteiger partial charge in [-0.25, -0.2) is 4.79 Å². The number of ether oxygens (including phenoxy) is 2. The van der Waals surface area contributed by atoms with Gasteiger partial charge in [-0.05, 0) is 79.1 Å². The second-order valence-corrected chi connectivity index (χ2v) is 13.4. The molecule has 0 radical (unpaired) electrons. The van der Waals surface area contributed by atoms with E-state index in [4.69, 9.17) is 9.47 Å². The van der Waals surface area contributed by atoms with Gasteiger partial charge in [0.2, 0.25) is 0 Å². The van der Waals surface area contributed by atoms with E-state index < -0.39 is 0 Å². The van der Waals surface area contributed by atoms with Crippen molar-refractivity contribution >= 4 is 11.9 Å². The zero-order valence-corrected chi connectivity index (χ0v) is 24.1. The van der Waals surface area contributed by atoms with Crippen LogP contribution in [-0.2, 0) is 19.1 Å². The summed E-state index contributed by atoms with van der Waals surface area (Å²) in [6.45, 7) is 19.0. The average Bonchev–Trinajstić information content (AvgIpc) is 3.40. The zero-order valence-electron chi connectivity index (χ0n) is 24.1. The van der Waals surface area contributed by atoms with Crippen LogP contribution < -0.4 is 0 Å². The van der Waals surface area contributed by atoms with Crippen molar-refractivity contribution in [3.05, 3.63) is 60.3 Å². The number of allylic oxidation sites excluding steroid dienone is 7. The molecule has 3 aliphatic carbocycles. The lowest BCUT2D eigenvalue weighted by Gasteiger charge is -2.42. The van der Waals surface area contributed by atoms with Gasteiger partial charge in [0.05, 0.1) is 6.42 Å². The van der Waals surface area contributed by atoms with E-state index in [1.807, 2.05) is 24.3 Å². The number of hydrogen-bond acceptors (Lipinski definition) is 4. The first-order valence-corrected chi connectivity index (χ1v) is 14.0. The molecule has 2 bridgehead atoms. The van der Waals surface area contributed by atoms with Crippen molar-refractivity contribution < 1.29 is 19.1 Å². The highest BCUT2D eigenvalue weighted by atomic mass is 16.6. The van der Waals surface area contributed by atoms with Gasteiger partial charge in [0.15, 0.2) is 0 Å². The van der Waals surface area contributed by atoms with Crippen molar-refractivity contribution in [3.8, 4) is 0 Å². The van der Waals surface area contributed by atoms with Crippen molar-refractivity contribution in [3.63, 3.8) is 0 Å². The topological polar surface area (TPSA) is 52.6 Å². The lowest BCUT2D eigenvalue weighted by molar-refractivity contribution is -0.174. The molecule has 0 N–H and O–H groups in total. The van der Waals surface area contributed by atoms with Crippen LogP contribution in [-0.4, -0.2) is 24.1 Å². The molecule has 3 saturated carbocycles. The van der Waals surface area contributed by atoms with Crippen LogP contribution in [0.5, 0.6) is 0 Å². The summed E-state index contributed by atoms with van der Waals surface area (Å²) in [4.78, 5) is 25.4. The predicted octanol–water partition coefficient (Wildman–Crippen LogP) is 7.92. The number of carbonyl (C=O) groups is 2. The van der Waals surface area contributed by atoms with E-state index in [0.717, 1.165) is 30.3 Å².